The molecule has 0 spiro atoms. The molecule has 1 aliphatic heterocycles. The summed E-state index contributed by atoms with van der Waals surface area (Å²) in [6, 6.07) is 6.86. The molecule has 1 aliphatic rings. The number of benzene rings is 1. The number of anilines is 2. The largest absolute Gasteiger partial charge is 0.450 e. The van der Waals surface area contributed by atoms with Gasteiger partial charge in [0.05, 0.1) is 18.0 Å². The van der Waals surface area contributed by atoms with Crippen LogP contribution in [0.2, 0.25) is 0 Å². The lowest BCUT2D eigenvalue weighted by Crippen LogP contribution is -2.48. The zero-order chi connectivity index (χ0) is 13.8. The average molecular weight is 263 g/mol. The second-order valence-corrected chi connectivity index (χ2v) is 4.30. The van der Waals surface area contributed by atoms with Gasteiger partial charge < -0.3 is 20.3 Å². The molecule has 102 valence electrons. The molecule has 19 heavy (non-hydrogen) atoms. The third kappa shape index (κ3) is 2.96. The van der Waals surface area contributed by atoms with Crippen molar-refractivity contribution in [2.75, 3.05) is 30.4 Å². The van der Waals surface area contributed by atoms with Crippen molar-refractivity contribution in [1.82, 2.24) is 5.32 Å². The number of alkyl carbamates (subject to hydrolysis) is 1. The Hall–Kier alpha value is -2.24. The lowest BCUT2D eigenvalue weighted by atomic mass is 10.2. The van der Waals surface area contributed by atoms with Gasteiger partial charge in [-0.05, 0) is 19.1 Å². The molecule has 0 radical (unpaired) electrons. The van der Waals surface area contributed by atoms with Gasteiger partial charge in [0.15, 0.2) is 0 Å². The van der Waals surface area contributed by atoms with E-state index in [0.29, 0.717) is 6.54 Å². The topological polar surface area (TPSA) is 70.7 Å². The maximum atomic E-state index is 12.1. The molecule has 0 unspecified atom stereocenters. The van der Waals surface area contributed by atoms with Crippen molar-refractivity contribution in [1.29, 1.82) is 0 Å². The van der Waals surface area contributed by atoms with Gasteiger partial charge in [-0.3, -0.25) is 4.79 Å². The number of hydrogen-bond acceptors (Lipinski definition) is 4. The Morgan fingerprint density at radius 3 is 3.00 bits per heavy atom. The van der Waals surface area contributed by atoms with Crippen molar-refractivity contribution < 1.29 is 14.3 Å². The maximum absolute atomic E-state index is 12.1. The van der Waals surface area contributed by atoms with Crippen molar-refractivity contribution in [2.45, 2.75) is 13.0 Å². The zero-order valence-electron chi connectivity index (χ0n) is 11.0. The van der Waals surface area contributed by atoms with E-state index in [1.54, 1.807) is 6.92 Å². The predicted molar refractivity (Wildman–Crippen MR) is 72.3 cm³/mol. The van der Waals surface area contributed by atoms with Crippen LogP contribution in [0.15, 0.2) is 24.3 Å². The molecule has 6 heteroatoms. The Labute approximate surface area is 111 Å². The van der Waals surface area contributed by atoms with Crippen LogP contribution in [0.4, 0.5) is 16.2 Å². The fourth-order valence-electron chi connectivity index (χ4n) is 2.01. The third-order valence-corrected chi connectivity index (χ3v) is 2.91. The van der Waals surface area contributed by atoms with Gasteiger partial charge in [0.2, 0.25) is 5.91 Å². The summed E-state index contributed by atoms with van der Waals surface area (Å²) in [6.45, 7) is 2.38. The summed E-state index contributed by atoms with van der Waals surface area (Å²) in [5.41, 5.74) is 1.66. The van der Waals surface area contributed by atoms with E-state index in [4.69, 9.17) is 4.74 Å². The molecule has 0 saturated heterocycles. The third-order valence-electron chi connectivity index (χ3n) is 2.91. The number of carbonyl (C=O) groups is 2. The van der Waals surface area contributed by atoms with Crippen LogP contribution in [0.1, 0.15) is 6.92 Å². The van der Waals surface area contributed by atoms with E-state index in [2.05, 4.69) is 10.6 Å². The fraction of sp³-hybridized carbons (Fsp3) is 0.385. The molecule has 0 bridgehead atoms. The Bertz CT molecular complexity index is 490. The first-order valence-electron chi connectivity index (χ1n) is 6.16. The lowest BCUT2D eigenvalue weighted by Gasteiger charge is -2.21. The standard InChI is InChI=1S/C13H17N3O3/c1-3-19-13(18)15-10-8-16(2)11-7-5-4-6-9(11)14-12(10)17/h4-7,10H,3,8H2,1-2H3,(H,14,17)(H,15,18)/t10-/m0/s1. The molecule has 0 aliphatic carbocycles. The summed E-state index contributed by atoms with van der Waals surface area (Å²) in [4.78, 5) is 25.4. The summed E-state index contributed by atoms with van der Waals surface area (Å²) in [6.07, 6.45) is -0.581. The molecular formula is C13H17N3O3. The number of likely N-dealkylation sites (N-methyl/N-ethyl adjacent to an activating group) is 1. The quantitative estimate of drug-likeness (QED) is 0.841. The van der Waals surface area contributed by atoms with E-state index in [1.165, 1.54) is 0 Å². The SMILES string of the molecule is CCOC(=O)N[C@H]1CN(C)c2ccccc2NC1=O. The van der Waals surface area contributed by atoms with Crippen LogP contribution in [-0.4, -0.2) is 38.2 Å². The van der Waals surface area contributed by atoms with Gasteiger partial charge in [0.25, 0.3) is 0 Å². The molecule has 0 aromatic heterocycles. The number of nitrogens with zero attached hydrogens (tertiary/aromatic N) is 1. The Balaban J connectivity index is 2.15. The highest BCUT2D eigenvalue weighted by Crippen LogP contribution is 2.26. The molecule has 1 aromatic carbocycles. The maximum Gasteiger partial charge on any atom is 0.407 e. The molecule has 2 amide bonds. The van der Waals surface area contributed by atoms with E-state index in [9.17, 15) is 9.59 Å². The van der Waals surface area contributed by atoms with Crippen LogP contribution >= 0.6 is 0 Å². The Morgan fingerprint density at radius 1 is 1.53 bits per heavy atom. The molecule has 0 saturated carbocycles. The summed E-state index contributed by atoms with van der Waals surface area (Å²) >= 11 is 0. The number of para-hydroxylation sites is 2. The highest BCUT2D eigenvalue weighted by Gasteiger charge is 2.27. The average Bonchev–Trinajstić information content (AvgIpc) is 2.49. The normalized spacial score (nSPS) is 18.1. The number of ether oxygens (including phenoxy) is 1. The van der Waals surface area contributed by atoms with E-state index < -0.39 is 12.1 Å². The lowest BCUT2D eigenvalue weighted by molar-refractivity contribution is -0.117. The van der Waals surface area contributed by atoms with Crippen LogP contribution in [0.5, 0.6) is 0 Å². The molecule has 1 aromatic rings. The minimum absolute atomic E-state index is 0.246. The molecule has 2 N–H and O–H groups in total. The van der Waals surface area contributed by atoms with Gasteiger partial charge in [0.1, 0.15) is 6.04 Å². The summed E-state index contributed by atoms with van der Waals surface area (Å²) in [7, 11) is 1.87. The smallest absolute Gasteiger partial charge is 0.407 e. The number of amides is 2. The van der Waals surface area contributed by atoms with Gasteiger partial charge in [-0.2, -0.15) is 0 Å². The van der Waals surface area contributed by atoms with Crippen molar-refractivity contribution in [3.05, 3.63) is 24.3 Å². The van der Waals surface area contributed by atoms with Crippen LogP contribution in [0, 0.1) is 0 Å². The first-order chi connectivity index (χ1) is 9.11. The van der Waals surface area contributed by atoms with Gasteiger partial charge in [-0.15, -0.1) is 0 Å². The molecule has 1 heterocycles. The fourth-order valence-corrected chi connectivity index (χ4v) is 2.01. The number of hydrogen-bond donors (Lipinski definition) is 2. The molecule has 0 fully saturated rings. The minimum atomic E-state index is -0.642. The summed E-state index contributed by atoms with van der Waals surface area (Å²) in [5.74, 6) is -0.246. The second-order valence-electron chi connectivity index (χ2n) is 4.30. The highest BCUT2D eigenvalue weighted by molar-refractivity contribution is 6.00. The number of rotatable bonds is 2. The summed E-state index contributed by atoms with van der Waals surface area (Å²) < 4.78 is 4.80. The van der Waals surface area contributed by atoms with Gasteiger partial charge in [-0.25, -0.2) is 4.79 Å². The van der Waals surface area contributed by atoms with E-state index >= 15 is 0 Å². The molecule has 2 rings (SSSR count). The van der Waals surface area contributed by atoms with Crippen LogP contribution in [-0.2, 0) is 9.53 Å². The van der Waals surface area contributed by atoms with Gasteiger partial charge >= 0.3 is 6.09 Å². The monoisotopic (exact) mass is 263 g/mol. The van der Waals surface area contributed by atoms with Crippen molar-refractivity contribution in [3.63, 3.8) is 0 Å². The van der Waals surface area contributed by atoms with E-state index in [0.717, 1.165) is 11.4 Å². The van der Waals surface area contributed by atoms with E-state index in [-0.39, 0.29) is 12.5 Å². The first kappa shape index (κ1) is 13.2. The number of nitrogens with one attached hydrogen (secondary N) is 2. The molecule has 1 atom stereocenters. The van der Waals surface area contributed by atoms with Crippen LogP contribution in [0.3, 0.4) is 0 Å². The van der Waals surface area contributed by atoms with Crippen LogP contribution < -0.4 is 15.5 Å². The zero-order valence-corrected chi connectivity index (χ0v) is 11.0. The predicted octanol–water partition coefficient (Wildman–Crippen LogP) is 1.19. The Kier molecular flexibility index (Phi) is 3.89. The highest BCUT2D eigenvalue weighted by atomic mass is 16.5. The minimum Gasteiger partial charge on any atom is -0.450 e. The first-order valence-corrected chi connectivity index (χ1v) is 6.16. The number of carbonyl (C=O) groups excluding carboxylic acids is 2. The van der Waals surface area contributed by atoms with E-state index in [1.807, 2.05) is 36.2 Å². The van der Waals surface area contributed by atoms with Crippen molar-refractivity contribution in [3.8, 4) is 0 Å². The molecular weight excluding hydrogens is 246 g/mol. The second kappa shape index (κ2) is 5.60. The summed E-state index contributed by atoms with van der Waals surface area (Å²) in [5, 5.41) is 5.36. The Morgan fingerprint density at radius 2 is 2.26 bits per heavy atom. The van der Waals surface area contributed by atoms with Crippen molar-refractivity contribution in [2.24, 2.45) is 0 Å². The number of fused-ring (bicyclic) bond motifs is 1. The van der Waals surface area contributed by atoms with Gasteiger partial charge in [0, 0.05) is 13.6 Å². The molecule has 6 nitrogen and oxygen atoms in total. The van der Waals surface area contributed by atoms with Crippen molar-refractivity contribution >= 4 is 23.4 Å². The van der Waals surface area contributed by atoms with Gasteiger partial charge in [-0.1, -0.05) is 12.1 Å². The van der Waals surface area contributed by atoms with Crippen LogP contribution in [0.25, 0.3) is 0 Å².